The fourth-order valence-corrected chi connectivity index (χ4v) is 9.88. The Kier molecular flexibility index (Phi) is 7.56. The van der Waals surface area contributed by atoms with Gasteiger partial charge in [0.2, 0.25) is 16.9 Å². The highest BCUT2D eigenvalue weighted by Gasteiger charge is 2.61. The summed E-state index contributed by atoms with van der Waals surface area (Å²) in [5.74, 6) is 0. The zero-order valence-electron chi connectivity index (χ0n) is 32.0. The van der Waals surface area contributed by atoms with E-state index in [1.165, 1.54) is 68.3 Å². The predicted molar refractivity (Wildman–Crippen MR) is 212 cm³/mol. The van der Waals surface area contributed by atoms with Gasteiger partial charge in [-0.1, -0.05) is 72.2 Å². The van der Waals surface area contributed by atoms with Gasteiger partial charge in [-0.15, -0.1) is 0 Å². The standard InChI is InChI=1S/C47H52N4O/c1-8-11-16-31-20-22-33-36-28-34-35(29-43(36)52-42(33)27-31)38-23-21-32-17-12-13-18-37(32)50(38)39(34)24-25-47(10-3)46(7,9-2)51-41(30-44(48-51)45(4,5)6)40-19-14-15-26-49(40)47/h12-15,17-23,26-30,39H,8-11,16,24-25H2,1-7H3/q+2. The number of hydrogen-bond acceptors (Lipinski definition) is 2. The number of pyridine rings is 2. The van der Waals surface area contributed by atoms with Crippen LogP contribution in [0.2, 0.25) is 0 Å². The fourth-order valence-electron chi connectivity index (χ4n) is 9.88. The third-order valence-corrected chi connectivity index (χ3v) is 13.0. The van der Waals surface area contributed by atoms with Gasteiger partial charge in [-0.25, -0.2) is 4.68 Å². The Labute approximate surface area is 307 Å². The first-order valence-corrected chi connectivity index (χ1v) is 19.7. The van der Waals surface area contributed by atoms with Crippen molar-refractivity contribution < 1.29 is 13.6 Å². The number of fused-ring (bicyclic) bond motifs is 11. The average molecular weight is 689 g/mol. The van der Waals surface area contributed by atoms with Crippen LogP contribution in [0, 0.1) is 0 Å². The van der Waals surface area contributed by atoms with Crippen LogP contribution < -0.4 is 9.13 Å². The number of hydrogen-bond donors (Lipinski definition) is 0. The van der Waals surface area contributed by atoms with Crippen LogP contribution in [0.15, 0.2) is 102 Å². The van der Waals surface area contributed by atoms with Crippen LogP contribution in [0.4, 0.5) is 0 Å². The van der Waals surface area contributed by atoms with E-state index in [9.17, 15) is 0 Å². The third kappa shape index (κ3) is 4.63. The number of furan rings is 1. The van der Waals surface area contributed by atoms with Crippen LogP contribution in [-0.4, -0.2) is 9.78 Å². The second-order valence-corrected chi connectivity index (χ2v) is 16.7. The minimum atomic E-state index is -0.229. The Hall–Kier alpha value is -4.77. The molecular formula is C47H52N4O+2. The number of unbranched alkanes of at least 4 members (excludes halogenated alkanes) is 1. The van der Waals surface area contributed by atoms with E-state index < -0.39 is 0 Å². The van der Waals surface area contributed by atoms with Crippen molar-refractivity contribution in [3.8, 4) is 22.6 Å². The van der Waals surface area contributed by atoms with Gasteiger partial charge >= 0.3 is 0 Å². The second kappa shape index (κ2) is 11.9. The number of para-hydroxylation sites is 1. The molecule has 0 fully saturated rings. The fraction of sp³-hybridized carbons (Fsp3) is 0.383. The Morgan fingerprint density at radius 3 is 2.42 bits per heavy atom. The normalized spacial score (nSPS) is 20.7. The molecule has 3 unspecified atom stereocenters. The zero-order valence-corrected chi connectivity index (χ0v) is 32.0. The highest BCUT2D eigenvalue weighted by atomic mass is 16.3. The van der Waals surface area contributed by atoms with Crippen molar-refractivity contribution >= 4 is 32.8 Å². The van der Waals surface area contributed by atoms with Crippen LogP contribution in [0.5, 0.6) is 0 Å². The maximum atomic E-state index is 6.64. The van der Waals surface area contributed by atoms with Gasteiger partial charge in [-0.3, -0.25) is 0 Å². The van der Waals surface area contributed by atoms with E-state index in [0.717, 1.165) is 49.0 Å². The minimum absolute atomic E-state index is 0.0396. The highest BCUT2D eigenvalue weighted by Crippen LogP contribution is 2.50. The van der Waals surface area contributed by atoms with Crippen molar-refractivity contribution in [2.24, 2.45) is 0 Å². The van der Waals surface area contributed by atoms with E-state index in [1.807, 2.05) is 0 Å². The zero-order chi connectivity index (χ0) is 36.0. The van der Waals surface area contributed by atoms with E-state index in [4.69, 9.17) is 9.52 Å². The number of nitrogens with zero attached hydrogens (tertiary/aromatic N) is 4. The molecule has 0 N–H and O–H groups in total. The molecule has 0 saturated heterocycles. The Morgan fingerprint density at radius 1 is 0.827 bits per heavy atom. The lowest BCUT2D eigenvalue weighted by Gasteiger charge is -2.47. The molecule has 52 heavy (non-hydrogen) atoms. The number of aromatic nitrogens is 4. The molecule has 3 aromatic carbocycles. The maximum absolute atomic E-state index is 6.64. The van der Waals surface area contributed by atoms with Crippen molar-refractivity contribution in [3.63, 3.8) is 0 Å². The SMILES string of the molecule is CCCCc1ccc2c(c1)oc1cc3c(cc12)C(CCC1(CC)[n+]2ccccc2-c2cc(C(C)(C)C)nn2C1(C)CC)[n+]1c-3ccc2ccccc21. The van der Waals surface area contributed by atoms with E-state index in [2.05, 4.69) is 159 Å². The quantitative estimate of drug-likeness (QED) is 0.149. The summed E-state index contributed by atoms with van der Waals surface area (Å²) in [7, 11) is 0. The number of aryl methyl sites for hydroxylation is 1. The number of benzene rings is 3. The first-order chi connectivity index (χ1) is 25.1. The van der Waals surface area contributed by atoms with Crippen molar-refractivity contribution in [2.45, 2.75) is 116 Å². The van der Waals surface area contributed by atoms with Crippen molar-refractivity contribution in [3.05, 3.63) is 114 Å². The van der Waals surface area contributed by atoms with Crippen LogP contribution in [0.25, 0.3) is 55.5 Å². The molecule has 0 saturated carbocycles. The topological polar surface area (TPSA) is 38.7 Å². The van der Waals surface area contributed by atoms with Gasteiger partial charge < -0.3 is 4.42 Å². The molecule has 0 radical (unpaired) electrons. The van der Waals surface area contributed by atoms with Gasteiger partial charge in [0.15, 0.2) is 17.8 Å². The van der Waals surface area contributed by atoms with Gasteiger partial charge in [-0.05, 0) is 74.2 Å². The summed E-state index contributed by atoms with van der Waals surface area (Å²) in [5.41, 5.74) is 11.8. The molecule has 5 heteroatoms. The lowest BCUT2D eigenvalue weighted by Crippen LogP contribution is -2.71. The van der Waals surface area contributed by atoms with Crippen LogP contribution >= 0.6 is 0 Å². The Balaban J connectivity index is 1.21. The molecule has 6 heterocycles. The van der Waals surface area contributed by atoms with Gasteiger partial charge in [0, 0.05) is 70.7 Å². The minimum Gasteiger partial charge on any atom is -0.456 e. The van der Waals surface area contributed by atoms with Crippen molar-refractivity contribution in [2.75, 3.05) is 0 Å². The molecule has 7 aromatic rings. The van der Waals surface area contributed by atoms with Gasteiger partial charge in [-0.2, -0.15) is 14.2 Å². The second-order valence-electron chi connectivity index (χ2n) is 16.7. The first kappa shape index (κ1) is 33.1. The smallest absolute Gasteiger partial charge is 0.231 e. The monoisotopic (exact) mass is 688 g/mol. The summed E-state index contributed by atoms with van der Waals surface area (Å²) in [6, 6.07) is 34.4. The lowest BCUT2D eigenvalue weighted by atomic mass is 9.68. The third-order valence-electron chi connectivity index (χ3n) is 13.0. The molecule has 264 valence electrons. The summed E-state index contributed by atoms with van der Waals surface area (Å²) >= 11 is 0. The summed E-state index contributed by atoms with van der Waals surface area (Å²) in [4.78, 5) is 0. The molecule has 0 amide bonds. The summed E-state index contributed by atoms with van der Waals surface area (Å²) in [5, 5.41) is 9.15. The van der Waals surface area contributed by atoms with Crippen LogP contribution in [-0.2, 0) is 22.9 Å². The van der Waals surface area contributed by atoms with Gasteiger partial charge in [0.05, 0.1) is 11.3 Å². The Morgan fingerprint density at radius 2 is 1.63 bits per heavy atom. The van der Waals surface area contributed by atoms with E-state index in [-0.39, 0.29) is 22.5 Å². The average Bonchev–Trinajstić information content (AvgIpc) is 3.86. The molecular weight excluding hydrogens is 637 g/mol. The van der Waals surface area contributed by atoms with E-state index in [1.54, 1.807) is 0 Å². The highest BCUT2D eigenvalue weighted by molar-refractivity contribution is 6.06. The first-order valence-electron chi connectivity index (χ1n) is 19.7. The maximum Gasteiger partial charge on any atom is 0.231 e. The van der Waals surface area contributed by atoms with E-state index in [0.29, 0.717) is 0 Å². The molecule has 0 spiro atoms. The van der Waals surface area contributed by atoms with Gasteiger partial charge in [0.1, 0.15) is 22.4 Å². The summed E-state index contributed by atoms with van der Waals surface area (Å²) < 4.78 is 14.3. The molecule has 5 nitrogen and oxygen atoms in total. The molecule has 0 bridgehead atoms. The number of rotatable bonds is 8. The van der Waals surface area contributed by atoms with Crippen molar-refractivity contribution in [1.29, 1.82) is 0 Å². The molecule has 9 rings (SSSR count). The molecule has 3 atom stereocenters. The summed E-state index contributed by atoms with van der Waals surface area (Å²) in [6.07, 6.45) is 9.81. The molecule has 4 aromatic heterocycles. The lowest BCUT2D eigenvalue weighted by molar-refractivity contribution is -0.776. The largest absolute Gasteiger partial charge is 0.456 e. The van der Waals surface area contributed by atoms with Gasteiger partial charge in [0.25, 0.3) is 0 Å². The van der Waals surface area contributed by atoms with Crippen molar-refractivity contribution in [1.82, 2.24) is 9.78 Å². The predicted octanol–water partition coefficient (Wildman–Crippen LogP) is 11.1. The van der Waals surface area contributed by atoms with Crippen LogP contribution in [0.3, 0.4) is 0 Å². The Bertz CT molecular complexity index is 2510. The molecule has 2 aliphatic rings. The van der Waals surface area contributed by atoms with E-state index >= 15 is 0 Å². The summed E-state index contributed by atoms with van der Waals surface area (Å²) in [6.45, 7) is 16.3. The van der Waals surface area contributed by atoms with Crippen LogP contribution in [0.1, 0.15) is 110 Å². The molecule has 2 aliphatic heterocycles. The molecule has 0 aliphatic carbocycles.